The molecule has 6 nitrogen and oxygen atoms in total. The van der Waals surface area contributed by atoms with Crippen LogP contribution in [0.4, 0.5) is 11.4 Å². The summed E-state index contributed by atoms with van der Waals surface area (Å²) in [5, 5.41) is 3.48. The van der Waals surface area contributed by atoms with Gasteiger partial charge in [-0.15, -0.1) is 0 Å². The summed E-state index contributed by atoms with van der Waals surface area (Å²) >= 11 is 0. The SMILES string of the molecule is CN(C)c1ccc(NC(=O)CCCn2cnc3ccccc3c2=O)cc1. The normalized spacial score (nSPS) is 10.7. The fraction of sp³-hybridized carbons (Fsp3) is 0.250. The number of hydrogen-bond acceptors (Lipinski definition) is 4. The minimum absolute atomic E-state index is 0.0654. The number of benzene rings is 2. The van der Waals surface area contributed by atoms with Gasteiger partial charge in [-0.2, -0.15) is 0 Å². The van der Waals surface area contributed by atoms with Crippen molar-refractivity contribution in [2.75, 3.05) is 24.3 Å². The average molecular weight is 350 g/mol. The van der Waals surface area contributed by atoms with Crippen molar-refractivity contribution >= 4 is 28.2 Å². The zero-order valence-electron chi connectivity index (χ0n) is 15.0. The van der Waals surface area contributed by atoms with Gasteiger partial charge in [-0.3, -0.25) is 14.2 Å². The van der Waals surface area contributed by atoms with Crippen molar-refractivity contribution in [3.8, 4) is 0 Å². The van der Waals surface area contributed by atoms with Crippen LogP contribution >= 0.6 is 0 Å². The van der Waals surface area contributed by atoms with E-state index in [1.807, 2.05) is 61.5 Å². The number of nitrogens with zero attached hydrogens (tertiary/aromatic N) is 3. The molecule has 2 aromatic carbocycles. The van der Waals surface area contributed by atoms with E-state index in [0.717, 1.165) is 11.4 Å². The number of amides is 1. The lowest BCUT2D eigenvalue weighted by Gasteiger charge is -2.13. The Labute approximate surface area is 152 Å². The smallest absolute Gasteiger partial charge is 0.261 e. The van der Waals surface area contributed by atoms with E-state index in [1.54, 1.807) is 17.0 Å². The molecule has 1 heterocycles. The van der Waals surface area contributed by atoms with Crippen molar-refractivity contribution in [2.45, 2.75) is 19.4 Å². The molecule has 0 radical (unpaired) electrons. The second kappa shape index (κ2) is 7.82. The van der Waals surface area contributed by atoms with Crippen molar-refractivity contribution in [3.05, 3.63) is 65.2 Å². The van der Waals surface area contributed by atoms with Crippen molar-refractivity contribution in [1.29, 1.82) is 0 Å². The summed E-state index contributed by atoms with van der Waals surface area (Å²) in [6, 6.07) is 14.9. The van der Waals surface area contributed by atoms with Crippen LogP contribution in [0.15, 0.2) is 59.7 Å². The van der Waals surface area contributed by atoms with Gasteiger partial charge in [0.25, 0.3) is 5.56 Å². The summed E-state index contributed by atoms with van der Waals surface area (Å²) in [5.41, 5.74) is 2.46. The Kier molecular flexibility index (Phi) is 5.31. The summed E-state index contributed by atoms with van der Waals surface area (Å²) in [7, 11) is 3.94. The van der Waals surface area contributed by atoms with Crippen molar-refractivity contribution in [3.63, 3.8) is 0 Å². The quantitative estimate of drug-likeness (QED) is 0.742. The Morgan fingerprint density at radius 1 is 1.12 bits per heavy atom. The number of aromatic nitrogens is 2. The van der Waals surface area contributed by atoms with E-state index in [4.69, 9.17) is 0 Å². The Morgan fingerprint density at radius 2 is 1.85 bits per heavy atom. The molecule has 6 heteroatoms. The Hall–Kier alpha value is -3.15. The van der Waals surface area contributed by atoms with Gasteiger partial charge in [0.05, 0.1) is 17.2 Å². The highest BCUT2D eigenvalue weighted by Gasteiger charge is 2.06. The Balaban J connectivity index is 1.55. The third kappa shape index (κ3) is 4.08. The van der Waals surface area contributed by atoms with Crippen LogP contribution in [0.2, 0.25) is 0 Å². The molecule has 1 aromatic heterocycles. The average Bonchev–Trinajstić information content (AvgIpc) is 2.64. The topological polar surface area (TPSA) is 67.2 Å². The molecule has 0 aliphatic heterocycles. The molecule has 0 unspecified atom stereocenters. The molecule has 3 rings (SSSR count). The lowest BCUT2D eigenvalue weighted by Crippen LogP contribution is -2.21. The zero-order valence-corrected chi connectivity index (χ0v) is 15.0. The van der Waals surface area contributed by atoms with Gasteiger partial charge in [0, 0.05) is 38.4 Å². The number of carbonyl (C=O) groups excluding carboxylic acids is 1. The van der Waals surface area contributed by atoms with Crippen LogP contribution in [0, 0.1) is 0 Å². The number of aryl methyl sites for hydroxylation is 1. The third-order valence-corrected chi connectivity index (χ3v) is 4.20. The van der Waals surface area contributed by atoms with Gasteiger partial charge >= 0.3 is 0 Å². The molecule has 0 aliphatic rings. The van der Waals surface area contributed by atoms with Gasteiger partial charge in [0.15, 0.2) is 0 Å². The fourth-order valence-corrected chi connectivity index (χ4v) is 2.74. The molecule has 1 amide bonds. The summed E-state index contributed by atoms with van der Waals surface area (Å²) in [6.45, 7) is 0.462. The first kappa shape index (κ1) is 17.7. The zero-order chi connectivity index (χ0) is 18.5. The van der Waals surface area contributed by atoms with E-state index in [2.05, 4.69) is 10.3 Å². The van der Waals surface area contributed by atoms with Crippen LogP contribution in [0.5, 0.6) is 0 Å². The summed E-state index contributed by atoms with van der Waals surface area (Å²) < 4.78 is 1.56. The summed E-state index contributed by atoms with van der Waals surface area (Å²) in [5.74, 6) is -0.0654. The molecule has 0 bridgehead atoms. The summed E-state index contributed by atoms with van der Waals surface area (Å²) in [4.78, 5) is 30.8. The predicted molar refractivity (Wildman–Crippen MR) is 105 cm³/mol. The number of carbonyl (C=O) groups is 1. The van der Waals surface area contributed by atoms with Crippen LogP contribution < -0.4 is 15.8 Å². The molecule has 0 spiro atoms. The number of hydrogen-bond donors (Lipinski definition) is 1. The first-order valence-electron chi connectivity index (χ1n) is 8.56. The standard InChI is InChI=1S/C20H22N4O2/c1-23(2)16-11-9-15(10-12-16)22-19(25)8-5-13-24-14-21-18-7-4-3-6-17(18)20(24)26/h3-4,6-7,9-12,14H,5,8,13H2,1-2H3,(H,22,25). The number of anilines is 2. The Bertz CT molecular complexity index is 961. The molecule has 1 N–H and O–H groups in total. The van der Waals surface area contributed by atoms with Gasteiger partial charge in [-0.25, -0.2) is 4.98 Å². The molecule has 26 heavy (non-hydrogen) atoms. The lowest BCUT2D eigenvalue weighted by atomic mass is 10.2. The number of nitrogens with one attached hydrogen (secondary N) is 1. The number of para-hydroxylation sites is 1. The molecule has 0 atom stereocenters. The maximum atomic E-state index is 12.4. The van der Waals surface area contributed by atoms with E-state index in [0.29, 0.717) is 30.3 Å². The van der Waals surface area contributed by atoms with Crippen molar-refractivity contribution in [2.24, 2.45) is 0 Å². The van der Waals surface area contributed by atoms with Crippen LogP contribution in [0.25, 0.3) is 10.9 Å². The first-order chi connectivity index (χ1) is 12.5. The lowest BCUT2D eigenvalue weighted by molar-refractivity contribution is -0.116. The van der Waals surface area contributed by atoms with E-state index in [1.165, 1.54) is 0 Å². The van der Waals surface area contributed by atoms with Crippen molar-refractivity contribution in [1.82, 2.24) is 9.55 Å². The first-order valence-corrected chi connectivity index (χ1v) is 8.56. The second-order valence-electron chi connectivity index (χ2n) is 6.35. The highest BCUT2D eigenvalue weighted by atomic mass is 16.1. The molecule has 0 aliphatic carbocycles. The van der Waals surface area contributed by atoms with Gasteiger partial charge < -0.3 is 10.2 Å². The van der Waals surface area contributed by atoms with Crippen LogP contribution in [-0.4, -0.2) is 29.6 Å². The molecule has 134 valence electrons. The monoisotopic (exact) mass is 350 g/mol. The molecular formula is C20H22N4O2. The van der Waals surface area contributed by atoms with Gasteiger partial charge in [-0.05, 0) is 42.8 Å². The predicted octanol–water partition coefficient (Wildman–Crippen LogP) is 2.88. The minimum Gasteiger partial charge on any atom is -0.378 e. The molecule has 0 saturated heterocycles. The summed E-state index contributed by atoms with van der Waals surface area (Å²) in [6.07, 6.45) is 2.46. The highest BCUT2D eigenvalue weighted by molar-refractivity contribution is 5.90. The largest absolute Gasteiger partial charge is 0.378 e. The number of fused-ring (bicyclic) bond motifs is 1. The van der Waals surface area contributed by atoms with Gasteiger partial charge in [0.1, 0.15) is 0 Å². The van der Waals surface area contributed by atoms with E-state index in [-0.39, 0.29) is 11.5 Å². The van der Waals surface area contributed by atoms with Gasteiger partial charge in [-0.1, -0.05) is 12.1 Å². The minimum atomic E-state index is -0.0738. The fourth-order valence-electron chi connectivity index (χ4n) is 2.74. The maximum absolute atomic E-state index is 12.4. The van der Waals surface area contributed by atoms with Crippen LogP contribution in [0.1, 0.15) is 12.8 Å². The molecule has 3 aromatic rings. The van der Waals surface area contributed by atoms with Gasteiger partial charge in [0.2, 0.25) is 5.91 Å². The maximum Gasteiger partial charge on any atom is 0.261 e. The Morgan fingerprint density at radius 3 is 2.58 bits per heavy atom. The van der Waals surface area contributed by atoms with E-state index >= 15 is 0 Å². The number of rotatable bonds is 6. The van der Waals surface area contributed by atoms with Crippen LogP contribution in [-0.2, 0) is 11.3 Å². The van der Waals surface area contributed by atoms with Crippen LogP contribution in [0.3, 0.4) is 0 Å². The molecule has 0 fully saturated rings. The van der Waals surface area contributed by atoms with E-state index < -0.39 is 0 Å². The van der Waals surface area contributed by atoms with Crippen molar-refractivity contribution < 1.29 is 4.79 Å². The second-order valence-corrected chi connectivity index (χ2v) is 6.35. The highest BCUT2D eigenvalue weighted by Crippen LogP contribution is 2.16. The molecule has 0 saturated carbocycles. The molecular weight excluding hydrogens is 328 g/mol. The third-order valence-electron chi connectivity index (χ3n) is 4.20. The van der Waals surface area contributed by atoms with E-state index in [9.17, 15) is 9.59 Å².